The minimum Gasteiger partial charge on any atom is -0.481 e. The van der Waals surface area contributed by atoms with E-state index < -0.39 is 5.97 Å². The zero-order valence-corrected chi connectivity index (χ0v) is 9.12. The smallest absolute Gasteiger partial charge is 0.356 e. The van der Waals surface area contributed by atoms with E-state index >= 15 is 0 Å². The lowest BCUT2D eigenvalue weighted by atomic mass is 10.2. The number of carboxylic acids is 1. The minimum absolute atomic E-state index is 0.0344. The molecule has 1 aliphatic heterocycles. The average Bonchev–Trinajstić information content (AvgIpc) is 2.75. The van der Waals surface area contributed by atoms with E-state index in [1.54, 1.807) is 4.57 Å². The van der Waals surface area contributed by atoms with Gasteiger partial charge in [-0.15, -0.1) is 0 Å². The monoisotopic (exact) mass is 230 g/mol. The normalized spacial score (nSPS) is 16.9. The van der Waals surface area contributed by atoms with Crippen molar-refractivity contribution >= 4 is 5.97 Å². The molecule has 2 heterocycles. The van der Waals surface area contributed by atoms with E-state index in [1.807, 2.05) is 31.2 Å². The zero-order valence-electron chi connectivity index (χ0n) is 9.12. The molecule has 0 amide bonds. The summed E-state index contributed by atoms with van der Waals surface area (Å²) in [5.41, 5.74) is 0.854. The second-order valence-electron chi connectivity index (χ2n) is 3.89. The maximum absolute atomic E-state index is 10.9. The highest BCUT2D eigenvalue weighted by molar-refractivity contribution is 5.85. The lowest BCUT2D eigenvalue weighted by Gasteiger charge is -2.24. The molecule has 1 unspecified atom stereocenters. The number of para-hydroxylation sites is 2. The van der Waals surface area contributed by atoms with Crippen molar-refractivity contribution in [2.24, 2.45) is 0 Å². The predicted octanol–water partition coefficient (Wildman–Crippen LogP) is 2.02. The zero-order chi connectivity index (χ0) is 12.0. The number of ether oxygens (including phenoxy) is 1. The molecule has 2 aromatic rings. The Morgan fingerprint density at radius 2 is 2.24 bits per heavy atom. The van der Waals surface area contributed by atoms with Crippen molar-refractivity contribution in [2.45, 2.75) is 13.0 Å². The molecule has 86 valence electrons. The summed E-state index contributed by atoms with van der Waals surface area (Å²) in [6.07, 6.45) is 1.27. The van der Waals surface area contributed by atoms with Gasteiger partial charge in [0.15, 0.2) is 17.6 Å². The molecule has 1 aromatic carbocycles. The van der Waals surface area contributed by atoms with Crippen LogP contribution >= 0.6 is 0 Å². The number of hydrogen-bond acceptors (Lipinski definition) is 3. The topological polar surface area (TPSA) is 64.3 Å². The molecule has 3 rings (SSSR count). The van der Waals surface area contributed by atoms with Gasteiger partial charge in [0.2, 0.25) is 0 Å². The maximum atomic E-state index is 10.9. The van der Waals surface area contributed by atoms with Crippen LogP contribution < -0.4 is 4.74 Å². The number of nitrogens with zero attached hydrogens (tertiary/aromatic N) is 2. The predicted molar refractivity (Wildman–Crippen MR) is 59.6 cm³/mol. The van der Waals surface area contributed by atoms with E-state index in [2.05, 4.69) is 4.98 Å². The molecule has 5 heteroatoms. The Labute approximate surface area is 97.3 Å². The molecule has 0 fully saturated rings. The van der Waals surface area contributed by atoms with Crippen LogP contribution in [0.3, 0.4) is 0 Å². The van der Waals surface area contributed by atoms with Crippen molar-refractivity contribution in [1.29, 1.82) is 0 Å². The van der Waals surface area contributed by atoms with Crippen molar-refractivity contribution in [3.05, 3.63) is 42.0 Å². The van der Waals surface area contributed by atoms with Crippen molar-refractivity contribution < 1.29 is 14.6 Å². The fraction of sp³-hybridized carbons (Fsp3) is 0.167. The highest BCUT2D eigenvalue weighted by Crippen LogP contribution is 2.34. The van der Waals surface area contributed by atoms with Crippen LogP contribution in [0.1, 0.15) is 29.3 Å². The molecular formula is C12H10N2O3. The number of imidazole rings is 1. The molecule has 0 spiro atoms. The summed E-state index contributed by atoms with van der Waals surface area (Å²) in [5, 5.41) is 8.95. The molecule has 17 heavy (non-hydrogen) atoms. The van der Waals surface area contributed by atoms with E-state index in [9.17, 15) is 4.79 Å². The fourth-order valence-electron chi connectivity index (χ4n) is 1.98. The van der Waals surface area contributed by atoms with Gasteiger partial charge in [-0.3, -0.25) is 4.57 Å². The standard InChI is InChI=1S/C12H10N2O3/c1-7-11-13-8(12(15)16)6-14(11)9-4-2-3-5-10(9)17-7/h2-7H,1H3,(H,15,16). The molecule has 5 nitrogen and oxygen atoms in total. The van der Waals surface area contributed by atoms with Gasteiger partial charge in [-0.2, -0.15) is 0 Å². The molecule has 1 atom stereocenters. The van der Waals surface area contributed by atoms with Crippen LogP contribution in [0.25, 0.3) is 5.69 Å². The average molecular weight is 230 g/mol. The van der Waals surface area contributed by atoms with Gasteiger partial charge in [-0.1, -0.05) is 12.1 Å². The van der Waals surface area contributed by atoms with Crippen molar-refractivity contribution in [2.75, 3.05) is 0 Å². The lowest BCUT2D eigenvalue weighted by Crippen LogP contribution is -2.16. The van der Waals surface area contributed by atoms with Crippen LogP contribution in [0, 0.1) is 0 Å². The first-order valence-electron chi connectivity index (χ1n) is 5.25. The molecule has 0 radical (unpaired) electrons. The van der Waals surface area contributed by atoms with Gasteiger partial charge < -0.3 is 9.84 Å². The highest BCUT2D eigenvalue weighted by atomic mass is 16.5. The Hall–Kier alpha value is -2.30. The molecule has 0 aliphatic carbocycles. The number of fused-ring (bicyclic) bond motifs is 3. The lowest BCUT2D eigenvalue weighted by molar-refractivity contribution is 0.0690. The quantitative estimate of drug-likeness (QED) is 0.814. The summed E-state index contributed by atoms with van der Waals surface area (Å²) < 4.78 is 7.45. The Morgan fingerprint density at radius 3 is 3.00 bits per heavy atom. The molecule has 0 saturated carbocycles. The molecule has 1 N–H and O–H groups in total. The van der Waals surface area contributed by atoms with Gasteiger partial charge in [0, 0.05) is 6.20 Å². The summed E-state index contributed by atoms with van der Waals surface area (Å²) in [4.78, 5) is 15.0. The molecule has 1 aliphatic rings. The number of rotatable bonds is 1. The molecule has 1 aromatic heterocycles. The fourth-order valence-corrected chi connectivity index (χ4v) is 1.98. The van der Waals surface area contributed by atoms with Gasteiger partial charge >= 0.3 is 5.97 Å². The number of carbonyl (C=O) groups is 1. The van der Waals surface area contributed by atoms with Gasteiger partial charge in [-0.05, 0) is 19.1 Å². The third-order valence-electron chi connectivity index (χ3n) is 2.74. The maximum Gasteiger partial charge on any atom is 0.356 e. The van der Waals surface area contributed by atoms with Gasteiger partial charge in [-0.25, -0.2) is 9.78 Å². The third-order valence-corrected chi connectivity index (χ3v) is 2.74. The summed E-state index contributed by atoms with van der Waals surface area (Å²) in [7, 11) is 0. The SMILES string of the molecule is CC1Oc2ccccc2-n2cc(C(=O)O)nc21. The Morgan fingerprint density at radius 1 is 1.47 bits per heavy atom. The number of carboxylic acid groups (broad SMARTS) is 1. The van der Waals surface area contributed by atoms with E-state index in [4.69, 9.17) is 9.84 Å². The second kappa shape index (κ2) is 3.35. The number of hydrogen-bond donors (Lipinski definition) is 1. The van der Waals surface area contributed by atoms with Crippen molar-refractivity contribution in [1.82, 2.24) is 9.55 Å². The van der Waals surface area contributed by atoms with Crippen molar-refractivity contribution in [3.63, 3.8) is 0 Å². The third kappa shape index (κ3) is 1.39. The first-order chi connectivity index (χ1) is 8.16. The van der Waals surface area contributed by atoms with Crippen LogP contribution in [0.5, 0.6) is 5.75 Å². The van der Waals surface area contributed by atoms with Gasteiger partial charge in [0.1, 0.15) is 5.75 Å². The first-order valence-corrected chi connectivity index (χ1v) is 5.25. The van der Waals surface area contributed by atoms with Crippen LogP contribution in [-0.2, 0) is 0 Å². The van der Waals surface area contributed by atoms with Gasteiger partial charge in [0.25, 0.3) is 0 Å². The molecule has 0 bridgehead atoms. The number of aromatic carboxylic acids is 1. The van der Waals surface area contributed by atoms with Crippen LogP contribution in [-0.4, -0.2) is 20.6 Å². The van der Waals surface area contributed by atoms with Crippen LogP contribution in [0.15, 0.2) is 30.5 Å². The highest BCUT2D eigenvalue weighted by Gasteiger charge is 2.26. The van der Waals surface area contributed by atoms with Crippen molar-refractivity contribution in [3.8, 4) is 11.4 Å². The summed E-state index contributed by atoms with van der Waals surface area (Å²) in [6, 6.07) is 7.49. The van der Waals surface area contributed by atoms with E-state index in [0.29, 0.717) is 5.82 Å². The Bertz CT molecular complexity index is 604. The number of aromatic nitrogens is 2. The van der Waals surface area contributed by atoms with Crippen LogP contribution in [0.2, 0.25) is 0 Å². The summed E-state index contributed by atoms with van der Waals surface area (Å²) in [6.45, 7) is 1.85. The van der Waals surface area contributed by atoms with E-state index in [0.717, 1.165) is 11.4 Å². The molecule has 0 saturated heterocycles. The Balaban J connectivity index is 2.24. The van der Waals surface area contributed by atoms with E-state index in [-0.39, 0.29) is 11.8 Å². The summed E-state index contributed by atoms with van der Waals surface area (Å²) >= 11 is 0. The first kappa shape index (κ1) is 9.89. The minimum atomic E-state index is -1.03. The van der Waals surface area contributed by atoms with Crippen LogP contribution in [0.4, 0.5) is 0 Å². The largest absolute Gasteiger partial charge is 0.481 e. The number of benzene rings is 1. The van der Waals surface area contributed by atoms with Gasteiger partial charge in [0.05, 0.1) is 5.69 Å². The molecular weight excluding hydrogens is 220 g/mol. The second-order valence-corrected chi connectivity index (χ2v) is 3.89. The summed E-state index contributed by atoms with van der Waals surface area (Å²) in [5.74, 6) is 0.319. The van der Waals surface area contributed by atoms with E-state index in [1.165, 1.54) is 6.20 Å². The Kier molecular flexibility index (Phi) is 1.95.